The molecule has 1 saturated heterocycles. The summed E-state index contributed by atoms with van der Waals surface area (Å²) in [6.07, 6.45) is 4.09. The maximum atomic E-state index is 13.1. The van der Waals surface area contributed by atoms with Crippen LogP contribution in [0.3, 0.4) is 0 Å². The minimum absolute atomic E-state index is 0.311. The zero-order valence-electron chi connectivity index (χ0n) is 8.90. The number of benzene rings is 1. The summed E-state index contributed by atoms with van der Waals surface area (Å²) in [5.74, 6) is -1.71. The van der Waals surface area contributed by atoms with E-state index in [9.17, 15) is 8.78 Å². The molecule has 1 aromatic rings. The predicted molar refractivity (Wildman–Crippen MR) is 60.7 cm³/mol. The number of hydrogen-bond donors (Lipinski definition) is 1. The van der Waals surface area contributed by atoms with Crippen molar-refractivity contribution in [3.63, 3.8) is 0 Å². The molecular formula is C12H14ClF2N. The Kier molecular flexibility index (Phi) is 3.77. The highest BCUT2D eigenvalue weighted by atomic mass is 35.5. The Labute approximate surface area is 98.8 Å². The van der Waals surface area contributed by atoms with Crippen molar-refractivity contribution in [2.45, 2.75) is 31.7 Å². The fourth-order valence-electron chi connectivity index (χ4n) is 2.08. The third-order valence-electron chi connectivity index (χ3n) is 2.97. The molecule has 1 atom stereocenters. The van der Waals surface area contributed by atoms with E-state index in [2.05, 4.69) is 5.32 Å². The van der Waals surface area contributed by atoms with Gasteiger partial charge >= 0.3 is 0 Å². The van der Waals surface area contributed by atoms with Gasteiger partial charge in [0.15, 0.2) is 11.6 Å². The lowest BCUT2D eigenvalue weighted by Gasteiger charge is -2.23. The van der Waals surface area contributed by atoms with E-state index in [-0.39, 0.29) is 0 Å². The third-order valence-corrected chi connectivity index (χ3v) is 3.32. The van der Waals surface area contributed by atoms with Crippen LogP contribution in [-0.2, 0) is 6.42 Å². The number of hydrogen-bond acceptors (Lipinski definition) is 1. The summed E-state index contributed by atoms with van der Waals surface area (Å²) in [5.41, 5.74) is 0.681. The second-order valence-electron chi connectivity index (χ2n) is 4.21. The lowest BCUT2D eigenvalue weighted by Crippen LogP contribution is -2.35. The van der Waals surface area contributed by atoms with Crippen molar-refractivity contribution in [2.24, 2.45) is 0 Å². The van der Waals surface area contributed by atoms with E-state index in [0.717, 1.165) is 19.0 Å². The molecule has 0 bridgehead atoms. The van der Waals surface area contributed by atoms with Gasteiger partial charge in [-0.2, -0.15) is 0 Å². The topological polar surface area (TPSA) is 12.0 Å². The fraction of sp³-hybridized carbons (Fsp3) is 0.500. The van der Waals surface area contributed by atoms with Crippen molar-refractivity contribution in [3.05, 3.63) is 34.4 Å². The van der Waals surface area contributed by atoms with Gasteiger partial charge in [0.05, 0.1) is 0 Å². The van der Waals surface area contributed by atoms with Crippen molar-refractivity contribution >= 4 is 11.6 Å². The van der Waals surface area contributed by atoms with Crippen molar-refractivity contribution in [2.75, 3.05) is 6.54 Å². The van der Waals surface area contributed by atoms with E-state index in [0.29, 0.717) is 23.0 Å². The van der Waals surface area contributed by atoms with Crippen LogP contribution in [0.15, 0.2) is 12.1 Å². The summed E-state index contributed by atoms with van der Waals surface area (Å²) >= 11 is 5.89. The number of piperidine rings is 1. The average molecular weight is 246 g/mol. The first-order chi connectivity index (χ1) is 7.66. The molecule has 4 heteroatoms. The van der Waals surface area contributed by atoms with Crippen molar-refractivity contribution in [1.82, 2.24) is 5.32 Å². The molecule has 2 rings (SSSR count). The first-order valence-corrected chi connectivity index (χ1v) is 5.91. The second-order valence-corrected chi connectivity index (χ2v) is 4.62. The van der Waals surface area contributed by atoms with Crippen molar-refractivity contribution < 1.29 is 8.78 Å². The van der Waals surface area contributed by atoms with Crippen molar-refractivity contribution in [1.29, 1.82) is 0 Å². The Balaban J connectivity index is 2.11. The Morgan fingerprint density at radius 1 is 1.25 bits per heavy atom. The number of rotatable bonds is 2. The molecule has 0 aliphatic carbocycles. The van der Waals surface area contributed by atoms with Gasteiger partial charge in [-0.05, 0) is 43.5 Å². The summed E-state index contributed by atoms with van der Waals surface area (Å²) < 4.78 is 25.9. The van der Waals surface area contributed by atoms with Gasteiger partial charge in [0.1, 0.15) is 0 Å². The molecule has 0 radical (unpaired) electrons. The van der Waals surface area contributed by atoms with Crippen molar-refractivity contribution in [3.8, 4) is 0 Å². The molecule has 1 heterocycles. The molecule has 1 aromatic carbocycles. The normalized spacial score (nSPS) is 21.1. The van der Waals surface area contributed by atoms with Crippen LogP contribution in [0.2, 0.25) is 5.02 Å². The Morgan fingerprint density at radius 2 is 2.00 bits per heavy atom. The van der Waals surface area contributed by atoms with E-state index >= 15 is 0 Å². The highest BCUT2D eigenvalue weighted by Crippen LogP contribution is 2.23. The van der Waals surface area contributed by atoms with Gasteiger partial charge < -0.3 is 5.32 Å². The molecule has 1 N–H and O–H groups in total. The van der Waals surface area contributed by atoms with Crippen LogP contribution in [-0.4, -0.2) is 12.6 Å². The monoisotopic (exact) mass is 245 g/mol. The standard InChI is InChI=1S/C12H14ClF2N/c13-10-7-12(15)11(14)6-8(10)5-9-3-1-2-4-16-9/h6-7,9,16H,1-5H2. The van der Waals surface area contributed by atoms with Gasteiger partial charge in [-0.1, -0.05) is 18.0 Å². The van der Waals surface area contributed by atoms with Gasteiger partial charge in [0.25, 0.3) is 0 Å². The van der Waals surface area contributed by atoms with Crippen LogP contribution in [0.25, 0.3) is 0 Å². The zero-order valence-corrected chi connectivity index (χ0v) is 9.66. The zero-order chi connectivity index (χ0) is 11.5. The van der Waals surface area contributed by atoms with E-state index in [1.165, 1.54) is 18.9 Å². The number of halogens is 3. The Hall–Kier alpha value is -0.670. The summed E-state index contributed by atoms with van der Waals surface area (Å²) in [5, 5.41) is 3.67. The quantitative estimate of drug-likeness (QED) is 0.789. The van der Waals surface area contributed by atoms with Gasteiger partial charge in [-0.15, -0.1) is 0 Å². The first kappa shape index (κ1) is 11.8. The maximum absolute atomic E-state index is 13.1. The van der Waals surface area contributed by atoms with Crippen LogP contribution in [0.1, 0.15) is 24.8 Å². The summed E-state index contributed by atoms with van der Waals surface area (Å²) in [6.45, 7) is 0.992. The van der Waals surface area contributed by atoms with Gasteiger partial charge in [-0.3, -0.25) is 0 Å². The van der Waals surface area contributed by atoms with Crippen LogP contribution in [0.5, 0.6) is 0 Å². The minimum atomic E-state index is -0.884. The molecule has 1 aliphatic heterocycles. The van der Waals surface area contributed by atoms with Crippen LogP contribution >= 0.6 is 11.6 Å². The van der Waals surface area contributed by atoms with Crippen LogP contribution < -0.4 is 5.32 Å². The summed E-state index contributed by atoms with van der Waals surface area (Å²) in [6, 6.07) is 2.58. The van der Waals surface area contributed by atoms with Gasteiger partial charge in [-0.25, -0.2) is 8.78 Å². The van der Waals surface area contributed by atoms with E-state index < -0.39 is 11.6 Å². The molecule has 1 aliphatic rings. The smallest absolute Gasteiger partial charge is 0.160 e. The second kappa shape index (κ2) is 5.11. The molecule has 16 heavy (non-hydrogen) atoms. The average Bonchev–Trinajstić information content (AvgIpc) is 2.27. The molecule has 88 valence electrons. The van der Waals surface area contributed by atoms with Gasteiger partial charge in [0.2, 0.25) is 0 Å². The molecule has 0 aromatic heterocycles. The molecular weight excluding hydrogens is 232 g/mol. The highest BCUT2D eigenvalue weighted by Gasteiger charge is 2.16. The number of nitrogens with one attached hydrogen (secondary N) is 1. The molecule has 0 spiro atoms. The Bertz CT molecular complexity index is 376. The molecule has 0 amide bonds. The maximum Gasteiger partial charge on any atom is 0.160 e. The predicted octanol–water partition coefficient (Wildman–Crippen LogP) is 3.30. The summed E-state index contributed by atoms with van der Waals surface area (Å²) in [4.78, 5) is 0. The molecule has 0 saturated carbocycles. The molecule has 1 nitrogen and oxygen atoms in total. The SMILES string of the molecule is Fc1cc(Cl)c(CC2CCCCN2)cc1F. The largest absolute Gasteiger partial charge is 0.314 e. The van der Waals surface area contributed by atoms with E-state index in [1.54, 1.807) is 0 Å². The fourth-order valence-corrected chi connectivity index (χ4v) is 2.31. The molecule has 1 unspecified atom stereocenters. The summed E-state index contributed by atoms with van der Waals surface area (Å²) in [7, 11) is 0. The highest BCUT2D eigenvalue weighted by molar-refractivity contribution is 6.31. The minimum Gasteiger partial charge on any atom is -0.314 e. The Morgan fingerprint density at radius 3 is 2.69 bits per heavy atom. The lowest BCUT2D eigenvalue weighted by molar-refractivity contribution is 0.398. The lowest BCUT2D eigenvalue weighted by atomic mass is 9.98. The van der Waals surface area contributed by atoms with E-state index in [4.69, 9.17) is 11.6 Å². The molecule has 1 fully saturated rings. The van der Waals surface area contributed by atoms with Crippen LogP contribution in [0, 0.1) is 11.6 Å². The first-order valence-electron chi connectivity index (χ1n) is 5.53. The van der Waals surface area contributed by atoms with Crippen LogP contribution in [0.4, 0.5) is 8.78 Å². The van der Waals surface area contributed by atoms with E-state index in [1.807, 2.05) is 0 Å². The third kappa shape index (κ3) is 2.71. The van der Waals surface area contributed by atoms with Gasteiger partial charge in [0, 0.05) is 11.1 Å².